The summed E-state index contributed by atoms with van der Waals surface area (Å²) in [6, 6.07) is 11.0. The Hall–Kier alpha value is -3.48. The van der Waals surface area contributed by atoms with Gasteiger partial charge in [-0.3, -0.25) is 9.78 Å². The number of pyridine rings is 1. The first-order valence-corrected chi connectivity index (χ1v) is 7.65. The number of aromatic nitrogens is 3. The molecule has 0 radical (unpaired) electrons. The summed E-state index contributed by atoms with van der Waals surface area (Å²) in [5, 5.41) is 5.89. The molecule has 0 fully saturated rings. The molecule has 0 saturated carbocycles. The second-order valence-electron chi connectivity index (χ2n) is 5.16. The lowest BCUT2D eigenvalue weighted by atomic mass is 10.3. The maximum absolute atomic E-state index is 12.3. The number of ether oxygens (including phenoxy) is 1. The van der Waals surface area contributed by atoms with E-state index in [0.717, 1.165) is 5.56 Å². The Kier molecular flexibility index (Phi) is 5.16. The molecule has 126 valence electrons. The molecule has 7 heteroatoms. The number of amides is 1. The smallest absolute Gasteiger partial charge is 0.275 e. The number of methoxy groups -OCH3 is 1. The molecule has 3 rings (SSSR count). The Balaban J connectivity index is 1.62. The lowest BCUT2D eigenvalue weighted by molar-refractivity contribution is 0.102. The van der Waals surface area contributed by atoms with Crippen LogP contribution in [0.5, 0.6) is 5.75 Å². The topological polar surface area (TPSA) is 89.0 Å². The van der Waals surface area contributed by atoms with E-state index in [0.29, 0.717) is 23.8 Å². The highest BCUT2D eigenvalue weighted by Gasteiger charge is 2.11. The van der Waals surface area contributed by atoms with Crippen LogP contribution in [0.4, 0.5) is 11.5 Å². The average molecular weight is 335 g/mol. The lowest BCUT2D eigenvalue weighted by Crippen LogP contribution is -2.15. The number of nitrogens with zero attached hydrogens (tertiary/aromatic N) is 3. The second-order valence-corrected chi connectivity index (χ2v) is 5.16. The minimum absolute atomic E-state index is 0.220. The SMILES string of the molecule is COc1ccccc1NC(=O)c1cnc(NCc2cccnc2)cn1. The summed E-state index contributed by atoms with van der Waals surface area (Å²) in [5.41, 5.74) is 1.83. The zero-order valence-corrected chi connectivity index (χ0v) is 13.6. The molecule has 1 aromatic carbocycles. The van der Waals surface area contributed by atoms with Crippen LogP contribution < -0.4 is 15.4 Å². The van der Waals surface area contributed by atoms with Gasteiger partial charge in [-0.15, -0.1) is 0 Å². The van der Waals surface area contributed by atoms with E-state index in [9.17, 15) is 4.79 Å². The lowest BCUT2D eigenvalue weighted by Gasteiger charge is -2.09. The van der Waals surface area contributed by atoms with Crippen LogP contribution in [0.15, 0.2) is 61.2 Å². The van der Waals surface area contributed by atoms with Crippen molar-refractivity contribution in [3.05, 3.63) is 72.4 Å². The highest BCUT2D eigenvalue weighted by molar-refractivity contribution is 6.03. The Labute approximate surface area is 145 Å². The zero-order chi connectivity index (χ0) is 17.5. The molecule has 2 heterocycles. The molecular formula is C18H17N5O2. The number of rotatable bonds is 6. The molecule has 1 amide bonds. The van der Waals surface area contributed by atoms with Gasteiger partial charge in [-0.1, -0.05) is 18.2 Å². The van der Waals surface area contributed by atoms with Gasteiger partial charge in [0.1, 0.15) is 17.3 Å². The molecule has 0 aliphatic heterocycles. The van der Waals surface area contributed by atoms with Crippen molar-refractivity contribution in [3.8, 4) is 5.75 Å². The fourth-order valence-corrected chi connectivity index (χ4v) is 2.17. The minimum atomic E-state index is -0.351. The number of para-hydroxylation sites is 2. The Morgan fingerprint density at radius 1 is 1.08 bits per heavy atom. The number of hydrogen-bond acceptors (Lipinski definition) is 6. The van der Waals surface area contributed by atoms with Gasteiger partial charge in [-0.25, -0.2) is 9.97 Å². The summed E-state index contributed by atoms with van der Waals surface area (Å²) < 4.78 is 5.21. The van der Waals surface area contributed by atoms with Crippen LogP contribution in [0.1, 0.15) is 16.1 Å². The van der Waals surface area contributed by atoms with Gasteiger partial charge in [0.05, 0.1) is 25.2 Å². The molecule has 2 aromatic heterocycles. The van der Waals surface area contributed by atoms with Crippen LogP contribution in [0.3, 0.4) is 0 Å². The van der Waals surface area contributed by atoms with Gasteiger partial charge in [0.15, 0.2) is 0 Å². The van der Waals surface area contributed by atoms with E-state index >= 15 is 0 Å². The Morgan fingerprint density at radius 3 is 2.68 bits per heavy atom. The summed E-state index contributed by atoms with van der Waals surface area (Å²) in [6.07, 6.45) is 6.44. The van der Waals surface area contributed by atoms with Crippen LogP contribution in [0, 0.1) is 0 Å². The van der Waals surface area contributed by atoms with Crippen molar-refractivity contribution < 1.29 is 9.53 Å². The largest absolute Gasteiger partial charge is 0.495 e. The van der Waals surface area contributed by atoms with E-state index < -0.39 is 0 Å². The first kappa shape index (κ1) is 16.4. The van der Waals surface area contributed by atoms with Crippen molar-refractivity contribution in [2.45, 2.75) is 6.54 Å². The number of anilines is 2. The monoisotopic (exact) mass is 335 g/mol. The molecule has 25 heavy (non-hydrogen) atoms. The van der Waals surface area contributed by atoms with Gasteiger partial charge < -0.3 is 15.4 Å². The van der Waals surface area contributed by atoms with E-state index in [1.54, 1.807) is 31.6 Å². The molecule has 3 aromatic rings. The summed E-state index contributed by atoms with van der Waals surface area (Å²) in [4.78, 5) is 24.7. The number of benzene rings is 1. The van der Waals surface area contributed by atoms with Crippen LogP contribution >= 0.6 is 0 Å². The third-order valence-corrected chi connectivity index (χ3v) is 3.44. The van der Waals surface area contributed by atoms with Crippen LogP contribution in [0.2, 0.25) is 0 Å². The molecule has 0 unspecified atom stereocenters. The number of carbonyl (C=O) groups excluding carboxylic acids is 1. The van der Waals surface area contributed by atoms with E-state index in [1.807, 2.05) is 24.3 Å². The van der Waals surface area contributed by atoms with Crippen molar-refractivity contribution in [1.29, 1.82) is 0 Å². The predicted octanol–water partition coefficient (Wildman–Crippen LogP) is 2.74. The highest BCUT2D eigenvalue weighted by Crippen LogP contribution is 2.23. The van der Waals surface area contributed by atoms with Crippen molar-refractivity contribution in [2.24, 2.45) is 0 Å². The van der Waals surface area contributed by atoms with Crippen molar-refractivity contribution in [3.63, 3.8) is 0 Å². The van der Waals surface area contributed by atoms with Gasteiger partial charge in [0.2, 0.25) is 0 Å². The zero-order valence-electron chi connectivity index (χ0n) is 13.6. The second kappa shape index (κ2) is 7.87. The predicted molar refractivity (Wildman–Crippen MR) is 94.5 cm³/mol. The number of hydrogen-bond donors (Lipinski definition) is 2. The van der Waals surface area contributed by atoms with Gasteiger partial charge >= 0.3 is 0 Å². The van der Waals surface area contributed by atoms with E-state index in [-0.39, 0.29) is 11.6 Å². The fourth-order valence-electron chi connectivity index (χ4n) is 2.17. The molecule has 0 aliphatic rings. The van der Waals surface area contributed by atoms with Crippen molar-refractivity contribution >= 4 is 17.4 Å². The van der Waals surface area contributed by atoms with E-state index in [4.69, 9.17) is 4.74 Å². The summed E-state index contributed by atoms with van der Waals surface area (Å²) in [7, 11) is 1.55. The van der Waals surface area contributed by atoms with Gasteiger partial charge in [0, 0.05) is 18.9 Å². The van der Waals surface area contributed by atoms with Gasteiger partial charge in [-0.2, -0.15) is 0 Å². The summed E-state index contributed by atoms with van der Waals surface area (Å²) >= 11 is 0. The quantitative estimate of drug-likeness (QED) is 0.720. The Morgan fingerprint density at radius 2 is 1.96 bits per heavy atom. The molecule has 0 spiro atoms. The molecule has 7 nitrogen and oxygen atoms in total. The van der Waals surface area contributed by atoms with Crippen molar-refractivity contribution in [1.82, 2.24) is 15.0 Å². The fraction of sp³-hybridized carbons (Fsp3) is 0.111. The third kappa shape index (κ3) is 4.29. The first-order valence-electron chi connectivity index (χ1n) is 7.65. The summed E-state index contributed by atoms with van der Waals surface area (Å²) in [5.74, 6) is 0.812. The molecular weight excluding hydrogens is 318 g/mol. The van der Waals surface area contributed by atoms with Crippen LogP contribution in [0.25, 0.3) is 0 Å². The highest BCUT2D eigenvalue weighted by atomic mass is 16.5. The van der Waals surface area contributed by atoms with Crippen LogP contribution in [-0.2, 0) is 6.54 Å². The standard InChI is InChI=1S/C18H17N5O2/c1-25-16-7-3-2-6-14(16)23-18(24)15-11-22-17(12-20-15)21-10-13-5-4-8-19-9-13/h2-9,11-12H,10H2,1H3,(H,21,22)(H,23,24). The third-order valence-electron chi connectivity index (χ3n) is 3.44. The van der Waals surface area contributed by atoms with Gasteiger partial charge in [-0.05, 0) is 23.8 Å². The first-order chi connectivity index (χ1) is 12.3. The molecule has 0 aliphatic carbocycles. The average Bonchev–Trinajstić information content (AvgIpc) is 2.68. The maximum Gasteiger partial charge on any atom is 0.275 e. The normalized spacial score (nSPS) is 10.1. The molecule has 2 N–H and O–H groups in total. The van der Waals surface area contributed by atoms with E-state index in [1.165, 1.54) is 12.4 Å². The minimum Gasteiger partial charge on any atom is -0.495 e. The molecule has 0 bridgehead atoms. The number of nitrogens with one attached hydrogen (secondary N) is 2. The molecule has 0 atom stereocenters. The molecule has 0 saturated heterocycles. The summed E-state index contributed by atoms with van der Waals surface area (Å²) in [6.45, 7) is 0.579. The van der Waals surface area contributed by atoms with E-state index in [2.05, 4.69) is 25.6 Å². The number of carbonyl (C=O) groups is 1. The van der Waals surface area contributed by atoms with Crippen molar-refractivity contribution in [2.75, 3.05) is 17.7 Å². The Bertz CT molecular complexity index is 838. The van der Waals surface area contributed by atoms with Crippen LogP contribution in [-0.4, -0.2) is 28.0 Å². The maximum atomic E-state index is 12.3. The van der Waals surface area contributed by atoms with Gasteiger partial charge in [0.25, 0.3) is 5.91 Å².